The van der Waals surface area contributed by atoms with Crippen LogP contribution in [0.1, 0.15) is 12.5 Å². The van der Waals surface area contributed by atoms with Crippen LogP contribution in [0.5, 0.6) is 0 Å². The average Bonchev–Trinajstić information content (AvgIpc) is 2.58. The number of nitrogens with one attached hydrogen (secondary N) is 1. The van der Waals surface area contributed by atoms with E-state index < -0.39 is 0 Å². The van der Waals surface area contributed by atoms with Crippen LogP contribution in [0.25, 0.3) is 0 Å². The number of ether oxygens (including phenoxy) is 1. The third-order valence-corrected chi connectivity index (χ3v) is 4.61. The summed E-state index contributed by atoms with van der Waals surface area (Å²) in [6, 6.07) is 5.20. The number of methoxy groups -OCH3 is 1. The SMILES string of the molecule is COC(=O)CN1CCN(C(C)C(=O)Nc2cc(Cl)ccc2C)CC1. The van der Waals surface area contributed by atoms with Crippen molar-refractivity contribution in [3.63, 3.8) is 0 Å². The molecule has 1 aromatic carbocycles. The van der Waals surface area contributed by atoms with E-state index in [4.69, 9.17) is 11.6 Å². The Morgan fingerprint density at radius 3 is 2.58 bits per heavy atom. The van der Waals surface area contributed by atoms with Crippen LogP contribution in [0.15, 0.2) is 18.2 Å². The number of carbonyl (C=O) groups is 2. The summed E-state index contributed by atoms with van der Waals surface area (Å²) in [4.78, 5) is 28.0. The number of halogens is 1. The molecule has 1 aromatic rings. The van der Waals surface area contributed by atoms with Crippen molar-refractivity contribution in [2.45, 2.75) is 19.9 Å². The highest BCUT2D eigenvalue weighted by Gasteiger charge is 2.26. The normalized spacial score (nSPS) is 17.3. The third-order valence-electron chi connectivity index (χ3n) is 4.37. The van der Waals surface area contributed by atoms with Gasteiger partial charge in [-0.2, -0.15) is 0 Å². The molecule has 0 spiro atoms. The molecule has 1 unspecified atom stereocenters. The lowest BCUT2D eigenvalue weighted by Crippen LogP contribution is -2.53. The number of anilines is 1. The second-order valence-electron chi connectivity index (χ2n) is 6.01. The molecule has 24 heavy (non-hydrogen) atoms. The lowest BCUT2D eigenvalue weighted by molar-refractivity contribution is -0.142. The number of piperazine rings is 1. The minimum Gasteiger partial charge on any atom is -0.468 e. The Bertz CT molecular complexity index is 601. The molecule has 1 fully saturated rings. The molecule has 0 radical (unpaired) electrons. The van der Waals surface area contributed by atoms with Crippen molar-refractivity contribution < 1.29 is 14.3 Å². The predicted molar refractivity (Wildman–Crippen MR) is 94.3 cm³/mol. The zero-order chi connectivity index (χ0) is 17.7. The molecule has 7 heteroatoms. The highest BCUT2D eigenvalue weighted by molar-refractivity contribution is 6.31. The minimum atomic E-state index is -0.247. The van der Waals surface area contributed by atoms with Crippen molar-refractivity contribution in [2.24, 2.45) is 0 Å². The average molecular weight is 354 g/mol. The number of hydrogen-bond acceptors (Lipinski definition) is 5. The summed E-state index contributed by atoms with van der Waals surface area (Å²) in [5.74, 6) is -0.285. The van der Waals surface area contributed by atoms with Gasteiger partial charge in [0.05, 0.1) is 19.7 Å². The Morgan fingerprint density at radius 2 is 1.96 bits per heavy atom. The van der Waals surface area contributed by atoms with Crippen molar-refractivity contribution in [3.8, 4) is 0 Å². The van der Waals surface area contributed by atoms with Gasteiger partial charge < -0.3 is 10.1 Å². The Labute approximate surface area is 147 Å². The van der Waals surface area contributed by atoms with Gasteiger partial charge in [0.15, 0.2) is 0 Å². The summed E-state index contributed by atoms with van der Waals surface area (Å²) in [5, 5.41) is 3.55. The second-order valence-corrected chi connectivity index (χ2v) is 6.45. The lowest BCUT2D eigenvalue weighted by atomic mass is 10.1. The molecule has 2 rings (SSSR count). The fraction of sp³-hybridized carbons (Fsp3) is 0.529. The number of benzene rings is 1. The molecule has 0 aromatic heterocycles. The monoisotopic (exact) mass is 353 g/mol. The van der Waals surface area contributed by atoms with Crippen LogP contribution >= 0.6 is 11.6 Å². The zero-order valence-corrected chi connectivity index (χ0v) is 15.1. The summed E-state index contributed by atoms with van der Waals surface area (Å²) in [6.07, 6.45) is 0. The van der Waals surface area contributed by atoms with Gasteiger partial charge in [0.25, 0.3) is 0 Å². The quantitative estimate of drug-likeness (QED) is 0.817. The highest BCUT2D eigenvalue weighted by Crippen LogP contribution is 2.20. The first-order chi connectivity index (χ1) is 11.4. The molecule has 1 heterocycles. The largest absolute Gasteiger partial charge is 0.468 e. The van der Waals surface area contributed by atoms with E-state index in [1.165, 1.54) is 7.11 Å². The fourth-order valence-corrected chi connectivity index (χ4v) is 2.86. The Balaban J connectivity index is 1.88. The molecule has 1 N–H and O–H groups in total. The van der Waals surface area contributed by atoms with Crippen LogP contribution in [0, 0.1) is 6.92 Å². The van der Waals surface area contributed by atoms with E-state index in [1.54, 1.807) is 12.1 Å². The summed E-state index contributed by atoms with van der Waals surface area (Å²) < 4.78 is 4.68. The van der Waals surface area contributed by atoms with Gasteiger partial charge in [-0.25, -0.2) is 0 Å². The minimum absolute atomic E-state index is 0.0539. The number of amides is 1. The van der Waals surface area contributed by atoms with Gasteiger partial charge in [-0.1, -0.05) is 17.7 Å². The van der Waals surface area contributed by atoms with Crippen LogP contribution in [-0.4, -0.2) is 67.6 Å². The molecule has 1 amide bonds. The summed E-state index contributed by atoms with van der Waals surface area (Å²) >= 11 is 5.99. The van der Waals surface area contributed by atoms with E-state index in [9.17, 15) is 9.59 Å². The molecule has 0 aliphatic carbocycles. The van der Waals surface area contributed by atoms with Crippen LogP contribution in [0.2, 0.25) is 5.02 Å². The van der Waals surface area contributed by atoms with E-state index >= 15 is 0 Å². The van der Waals surface area contributed by atoms with Gasteiger partial charge in [-0.15, -0.1) is 0 Å². The van der Waals surface area contributed by atoms with Gasteiger partial charge >= 0.3 is 5.97 Å². The van der Waals surface area contributed by atoms with E-state index in [0.29, 0.717) is 11.6 Å². The van der Waals surface area contributed by atoms with E-state index in [0.717, 1.165) is 37.4 Å². The molecule has 0 saturated carbocycles. The first kappa shape index (κ1) is 18.7. The lowest BCUT2D eigenvalue weighted by Gasteiger charge is -2.36. The topological polar surface area (TPSA) is 61.9 Å². The first-order valence-electron chi connectivity index (χ1n) is 8.01. The predicted octanol–water partition coefficient (Wildman–Crippen LogP) is 1.77. The maximum atomic E-state index is 12.5. The van der Waals surface area contributed by atoms with Crippen LogP contribution in [-0.2, 0) is 14.3 Å². The summed E-state index contributed by atoms with van der Waals surface area (Å²) in [6.45, 7) is 7.08. The maximum Gasteiger partial charge on any atom is 0.319 e. The van der Waals surface area contributed by atoms with Crippen LogP contribution in [0.4, 0.5) is 5.69 Å². The summed E-state index contributed by atoms with van der Waals surface area (Å²) in [7, 11) is 1.39. The van der Waals surface area contributed by atoms with Gasteiger partial charge in [0.1, 0.15) is 0 Å². The van der Waals surface area contributed by atoms with E-state index in [1.807, 2.05) is 24.8 Å². The van der Waals surface area contributed by atoms with Crippen LogP contribution in [0.3, 0.4) is 0 Å². The number of esters is 1. The first-order valence-corrected chi connectivity index (χ1v) is 8.38. The van der Waals surface area contributed by atoms with Crippen molar-refractivity contribution >= 4 is 29.2 Å². The molecule has 1 aliphatic heterocycles. The molecule has 1 aliphatic rings. The maximum absolute atomic E-state index is 12.5. The Morgan fingerprint density at radius 1 is 1.29 bits per heavy atom. The van der Waals surface area contributed by atoms with Gasteiger partial charge in [0, 0.05) is 36.9 Å². The molecular formula is C17H24ClN3O3. The van der Waals surface area contributed by atoms with Crippen molar-refractivity contribution in [3.05, 3.63) is 28.8 Å². The molecule has 0 bridgehead atoms. The second kappa shape index (κ2) is 8.46. The molecular weight excluding hydrogens is 330 g/mol. The number of hydrogen-bond donors (Lipinski definition) is 1. The van der Waals surface area contributed by atoms with Gasteiger partial charge in [-0.3, -0.25) is 19.4 Å². The number of nitrogens with zero attached hydrogens (tertiary/aromatic N) is 2. The Hall–Kier alpha value is -1.63. The fourth-order valence-electron chi connectivity index (χ4n) is 2.69. The third kappa shape index (κ3) is 4.93. The molecule has 132 valence electrons. The number of carbonyl (C=O) groups excluding carboxylic acids is 2. The van der Waals surface area contributed by atoms with Gasteiger partial charge in [-0.05, 0) is 31.5 Å². The van der Waals surface area contributed by atoms with Crippen molar-refractivity contribution in [2.75, 3.05) is 45.2 Å². The van der Waals surface area contributed by atoms with E-state index in [2.05, 4.69) is 15.0 Å². The van der Waals surface area contributed by atoms with E-state index in [-0.39, 0.29) is 17.9 Å². The summed E-state index contributed by atoms with van der Waals surface area (Å²) in [5.41, 5.74) is 1.71. The Kier molecular flexibility index (Phi) is 6.60. The van der Waals surface area contributed by atoms with Crippen LogP contribution < -0.4 is 5.32 Å². The molecule has 6 nitrogen and oxygen atoms in total. The van der Waals surface area contributed by atoms with Gasteiger partial charge in [0.2, 0.25) is 5.91 Å². The zero-order valence-electron chi connectivity index (χ0n) is 14.3. The highest BCUT2D eigenvalue weighted by atomic mass is 35.5. The van der Waals surface area contributed by atoms with Crippen molar-refractivity contribution in [1.82, 2.24) is 9.80 Å². The standard InChI is InChI=1S/C17H24ClN3O3/c1-12-4-5-14(18)10-15(12)19-17(23)13(2)21-8-6-20(7-9-21)11-16(22)24-3/h4-5,10,13H,6-9,11H2,1-3H3,(H,19,23). The number of rotatable bonds is 5. The molecule has 1 atom stereocenters. The van der Waals surface area contributed by atoms with Crippen molar-refractivity contribution in [1.29, 1.82) is 0 Å². The molecule has 1 saturated heterocycles. The smallest absolute Gasteiger partial charge is 0.319 e. The number of aryl methyl sites for hydroxylation is 1.